The average molecular weight is 311 g/mol. The number of aromatic nitrogens is 1. The predicted molar refractivity (Wildman–Crippen MR) is 92.4 cm³/mol. The number of nitrogens with one attached hydrogen (secondary N) is 1. The topological polar surface area (TPSA) is 39.3 Å². The van der Waals surface area contributed by atoms with Crippen LogP contribution in [0.3, 0.4) is 0 Å². The number of carbonyl (C=O) groups is 1. The maximum absolute atomic E-state index is 12.7. The van der Waals surface area contributed by atoms with Crippen LogP contribution in [-0.4, -0.2) is 52.9 Å². The van der Waals surface area contributed by atoms with Gasteiger partial charge in [0.05, 0.1) is 0 Å². The number of hydrogen-bond acceptors (Lipinski definition) is 2. The molecule has 3 heterocycles. The third-order valence-electron chi connectivity index (χ3n) is 5.44. The van der Waals surface area contributed by atoms with E-state index in [-0.39, 0.29) is 0 Å². The molecule has 2 aliphatic heterocycles. The maximum atomic E-state index is 12.7. The molecule has 0 unspecified atom stereocenters. The van der Waals surface area contributed by atoms with Crippen molar-refractivity contribution in [1.82, 2.24) is 14.8 Å². The number of H-pyrrole nitrogens is 1. The van der Waals surface area contributed by atoms with Crippen LogP contribution in [0, 0.1) is 0 Å². The third-order valence-corrected chi connectivity index (χ3v) is 5.44. The lowest BCUT2D eigenvalue weighted by Crippen LogP contribution is -2.39. The Bertz CT molecular complexity index is 693. The Hall–Kier alpha value is -1.81. The van der Waals surface area contributed by atoms with E-state index in [0.717, 1.165) is 38.0 Å². The van der Waals surface area contributed by atoms with Crippen molar-refractivity contribution in [1.29, 1.82) is 0 Å². The second-order valence-electron chi connectivity index (χ2n) is 6.88. The summed E-state index contributed by atoms with van der Waals surface area (Å²) in [5.74, 6) is 0.323. The summed E-state index contributed by atoms with van der Waals surface area (Å²) < 4.78 is 0. The first-order chi connectivity index (χ1) is 11.3. The molecule has 4 nitrogen and oxygen atoms in total. The van der Waals surface area contributed by atoms with Crippen molar-refractivity contribution in [2.24, 2.45) is 0 Å². The Labute approximate surface area is 137 Å². The molecule has 1 N–H and O–H groups in total. The molecule has 0 spiro atoms. The molecule has 1 amide bonds. The Morgan fingerprint density at radius 2 is 2.04 bits per heavy atom. The van der Waals surface area contributed by atoms with Gasteiger partial charge in [-0.15, -0.1) is 0 Å². The highest BCUT2D eigenvalue weighted by molar-refractivity contribution is 5.84. The normalized spacial score (nSPS) is 22.3. The molecule has 1 aromatic carbocycles. The lowest BCUT2D eigenvalue weighted by Gasteiger charge is -2.25. The van der Waals surface area contributed by atoms with Crippen LogP contribution in [0.5, 0.6) is 0 Å². The largest absolute Gasteiger partial charge is 0.361 e. The minimum absolute atomic E-state index is 0.323. The standard InChI is InChI=1S/C19H25N3O/c23-19(22-12-4-11-21-10-3-5-16(21)14-22)9-8-15-13-20-18-7-2-1-6-17(15)18/h1-2,6-7,13,16,20H,3-5,8-12,14H2/t16-/m0/s1. The van der Waals surface area contributed by atoms with Crippen LogP contribution >= 0.6 is 0 Å². The van der Waals surface area contributed by atoms with Gasteiger partial charge in [0.25, 0.3) is 0 Å². The Morgan fingerprint density at radius 3 is 3.00 bits per heavy atom. The molecule has 23 heavy (non-hydrogen) atoms. The molecule has 0 radical (unpaired) electrons. The van der Waals surface area contributed by atoms with E-state index < -0.39 is 0 Å². The first kappa shape index (κ1) is 14.8. The molecular formula is C19H25N3O. The minimum Gasteiger partial charge on any atom is -0.361 e. The fraction of sp³-hybridized carbons (Fsp3) is 0.526. The molecule has 4 heteroatoms. The fourth-order valence-corrected chi connectivity index (χ4v) is 4.17. The van der Waals surface area contributed by atoms with Crippen LogP contribution in [0.1, 0.15) is 31.2 Å². The van der Waals surface area contributed by atoms with Crippen LogP contribution in [0.2, 0.25) is 0 Å². The van der Waals surface area contributed by atoms with Crippen LogP contribution in [-0.2, 0) is 11.2 Å². The number of amides is 1. The van der Waals surface area contributed by atoms with E-state index in [4.69, 9.17) is 0 Å². The maximum Gasteiger partial charge on any atom is 0.222 e. The smallest absolute Gasteiger partial charge is 0.222 e. The average Bonchev–Trinajstić information content (AvgIpc) is 3.14. The number of para-hydroxylation sites is 1. The van der Waals surface area contributed by atoms with Crippen molar-refractivity contribution in [3.8, 4) is 0 Å². The zero-order valence-electron chi connectivity index (χ0n) is 13.6. The number of aromatic amines is 1. The van der Waals surface area contributed by atoms with E-state index in [1.165, 1.54) is 30.3 Å². The summed E-state index contributed by atoms with van der Waals surface area (Å²) in [7, 11) is 0. The van der Waals surface area contributed by atoms with E-state index in [1.54, 1.807) is 0 Å². The number of benzene rings is 1. The van der Waals surface area contributed by atoms with Crippen LogP contribution < -0.4 is 0 Å². The van der Waals surface area contributed by atoms with Gasteiger partial charge in [0.1, 0.15) is 0 Å². The van der Waals surface area contributed by atoms with Gasteiger partial charge in [-0.3, -0.25) is 9.69 Å². The zero-order chi connectivity index (χ0) is 15.6. The number of carbonyl (C=O) groups excluding carboxylic acids is 1. The van der Waals surface area contributed by atoms with Crippen LogP contribution in [0.4, 0.5) is 0 Å². The summed E-state index contributed by atoms with van der Waals surface area (Å²) in [6, 6.07) is 8.93. The van der Waals surface area contributed by atoms with E-state index in [1.807, 2.05) is 6.07 Å². The third kappa shape index (κ3) is 3.00. The second-order valence-corrected chi connectivity index (χ2v) is 6.88. The first-order valence-electron chi connectivity index (χ1n) is 8.88. The van der Waals surface area contributed by atoms with Crippen molar-refractivity contribution < 1.29 is 4.79 Å². The monoisotopic (exact) mass is 311 g/mol. The van der Waals surface area contributed by atoms with Gasteiger partial charge in [0, 0.05) is 49.2 Å². The summed E-state index contributed by atoms with van der Waals surface area (Å²) in [4.78, 5) is 20.7. The van der Waals surface area contributed by atoms with Gasteiger partial charge in [0.2, 0.25) is 5.91 Å². The lowest BCUT2D eigenvalue weighted by atomic mass is 10.1. The second kappa shape index (κ2) is 6.36. The van der Waals surface area contributed by atoms with Crippen LogP contribution in [0.25, 0.3) is 10.9 Å². The molecule has 2 aromatic rings. The van der Waals surface area contributed by atoms with Crippen molar-refractivity contribution in [3.63, 3.8) is 0 Å². The number of aryl methyl sites for hydroxylation is 1. The molecule has 122 valence electrons. The first-order valence-corrected chi connectivity index (χ1v) is 8.88. The van der Waals surface area contributed by atoms with Gasteiger partial charge >= 0.3 is 0 Å². The van der Waals surface area contributed by atoms with Gasteiger partial charge in [0.15, 0.2) is 0 Å². The summed E-state index contributed by atoms with van der Waals surface area (Å²) in [6.45, 7) is 4.26. The highest BCUT2D eigenvalue weighted by Gasteiger charge is 2.30. The number of fused-ring (bicyclic) bond motifs is 2. The van der Waals surface area contributed by atoms with Crippen molar-refractivity contribution in [3.05, 3.63) is 36.0 Å². The van der Waals surface area contributed by atoms with Gasteiger partial charge < -0.3 is 9.88 Å². The molecular weight excluding hydrogens is 286 g/mol. The lowest BCUT2D eigenvalue weighted by molar-refractivity contribution is -0.131. The molecule has 0 saturated carbocycles. The quantitative estimate of drug-likeness (QED) is 0.947. The number of rotatable bonds is 3. The zero-order valence-corrected chi connectivity index (χ0v) is 13.6. The summed E-state index contributed by atoms with van der Waals surface area (Å²) in [5.41, 5.74) is 2.41. The van der Waals surface area contributed by atoms with Gasteiger partial charge in [-0.2, -0.15) is 0 Å². The van der Waals surface area contributed by atoms with E-state index >= 15 is 0 Å². The molecule has 1 aromatic heterocycles. The van der Waals surface area contributed by atoms with E-state index in [0.29, 0.717) is 18.4 Å². The number of hydrogen-bond donors (Lipinski definition) is 1. The highest BCUT2D eigenvalue weighted by atomic mass is 16.2. The van der Waals surface area contributed by atoms with Gasteiger partial charge in [-0.1, -0.05) is 18.2 Å². The summed E-state index contributed by atoms with van der Waals surface area (Å²) in [6.07, 6.45) is 7.17. The minimum atomic E-state index is 0.323. The Kier molecular flexibility index (Phi) is 4.08. The van der Waals surface area contributed by atoms with E-state index in [9.17, 15) is 4.79 Å². The molecule has 4 rings (SSSR count). The van der Waals surface area contributed by atoms with E-state index in [2.05, 4.69) is 39.2 Å². The summed E-state index contributed by atoms with van der Waals surface area (Å²) >= 11 is 0. The number of nitrogens with zero attached hydrogens (tertiary/aromatic N) is 2. The molecule has 2 saturated heterocycles. The molecule has 2 aliphatic rings. The van der Waals surface area contributed by atoms with Gasteiger partial charge in [-0.25, -0.2) is 0 Å². The Balaban J connectivity index is 1.39. The SMILES string of the molecule is O=C(CCc1c[nH]c2ccccc12)N1CCCN2CCC[C@H]2C1. The summed E-state index contributed by atoms with van der Waals surface area (Å²) in [5, 5.41) is 1.25. The highest BCUT2D eigenvalue weighted by Crippen LogP contribution is 2.23. The van der Waals surface area contributed by atoms with Gasteiger partial charge in [-0.05, 0) is 43.9 Å². The van der Waals surface area contributed by atoms with Crippen molar-refractivity contribution in [2.45, 2.75) is 38.1 Å². The molecule has 0 aliphatic carbocycles. The fourth-order valence-electron chi connectivity index (χ4n) is 4.17. The predicted octanol–water partition coefficient (Wildman–Crippen LogP) is 2.80. The Morgan fingerprint density at radius 1 is 1.17 bits per heavy atom. The molecule has 1 atom stereocenters. The van der Waals surface area contributed by atoms with Crippen molar-refractivity contribution >= 4 is 16.8 Å². The molecule has 0 bridgehead atoms. The van der Waals surface area contributed by atoms with Crippen LogP contribution in [0.15, 0.2) is 30.5 Å². The van der Waals surface area contributed by atoms with Crippen molar-refractivity contribution in [2.75, 3.05) is 26.2 Å². The molecule has 2 fully saturated rings.